The highest BCUT2D eigenvalue weighted by molar-refractivity contribution is 5.95. The number of amides is 1. The fourth-order valence-corrected chi connectivity index (χ4v) is 2.49. The third kappa shape index (κ3) is 3.94. The highest BCUT2D eigenvalue weighted by Crippen LogP contribution is 2.27. The molecule has 116 valence electrons. The second-order valence-electron chi connectivity index (χ2n) is 5.25. The number of rotatable bonds is 5. The molecule has 0 fully saturated rings. The predicted octanol–water partition coefficient (Wildman–Crippen LogP) is 1.92. The molecule has 6 heteroatoms. The minimum absolute atomic E-state index is 0.0806. The second-order valence-corrected chi connectivity index (χ2v) is 5.25. The molecule has 3 N–H and O–H groups in total. The summed E-state index contributed by atoms with van der Waals surface area (Å²) >= 11 is 0. The van der Waals surface area contributed by atoms with Crippen LogP contribution < -0.4 is 5.32 Å². The van der Waals surface area contributed by atoms with Crippen LogP contribution >= 0.6 is 0 Å². The zero-order valence-electron chi connectivity index (χ0n) is 11.9. The Morgan fingerprint density at radius 1 is 1.00 bits per heavy atom. The first-order chi connectivity index (χ1) is 10.5. The molecule has 1 aliphatic carbocycles. The van der Waals surface area contributed by atoms with Crippen LogP contribution in [0.5, 0.6) is 0 Å². The molecule has 0 bridgehead atoms. The maximum atomic E-state index is 12.2. The molecule has 6 nitrogen and oxygen atoms in total. The minimum atomic E-state index is -0.971. The van der Waals surface area contributed by atoms with Crippen molar-refractivity contribution in [1.82, 2.24) is 0 Å². The van der Waals surface area contributed by atoms with Crippen LogP contribution in [0, 0.1) is 11.8 Å². The second kappa shape index (κ2) is 6.89. The first-order valence-electron chi connectivity index (χ1n) is 6.97. The summed E-state index contributed by atoms with van der Waals surface area (Å²) in [6.45, 7) is 0. The first kappa shape index (κ1) is 15.8. The highest BCUT2D eigenvalue weighted by atomic mass is 16.4. The van der Waals surface area contributed by atoms with Crippen molar-refractivity contribution in [1.29, 1.82) is 0 Å². The van der Waals surface area contributed by atoms with Gasteiger partial charge < -0.3 is 15.5 Å². The number of carbonyl (C=O) groups excluding carboxylic acids is 1. The van der Waals surface area contributed by atoms with E-state index in [9.17, 15) is 19.5 Å². The van der Waals surface area contributed by atoms with Crippen molar-refractivity contribution in [2.45, 2.75) is 19.3 Å². The van der Waals surface area contributed by atoms with E-state index < -0.39 is 23.8 Å². The summed E-state index contributed by atoms with van der Waals surface area (Å²) in [4.78, 5) is 34.0. The van der Waals surface area contributed by atoms with Gasteiger partial charge in [-0.1, -0.05) is 24.3 Å². The van der Waals surface area contributed by atoms with Crippen molar-refractivity contribution in [3.63, 3.8) is 0 Å². The van der Waals surface area contributed by atoms with Crippen LogP contribution in [-0.2, 0) is 20.8 Å². The summed E-state index contributed by atoms with van der Waals surface area (Å²) in [5.74, 6) is -3.53. The Hall–Kier alpha value is -2.63. The number of benzene rings is 1. The van der Waals surface area contributed by atoms with Gasteiger partial charge >= 0.3 is 11.9 Å². The summed E-state index contributed by atoms with van der Waals surface area (Å²) in [7, 11) is 0. The third-order valence-corrected chi connectivity index (χ3v) is 3.66. The van der Waals surface area contributed by atoms with Gasteiger partial charge in [0.25, 0.3) is 0 Å². The van der Waals surface area contributed by atoms with Gasteiger partial charge in [-0.15, -0.1) is 0 Å². The van der Waals surface area contributed by atoms with Crippen LogP contribution in [0.1, 0.15) is 18.4 Å². The lowest BCUT2D eigenvalue weighted by atomic mass is 9.82. The van der Waals surface area contributed by atoms with Crippen LogP contribution in [0.4, 0.5) is 5.69 Å². The van der Waals surface area contributed by atoms with E-state index in [4.69, 9.17) is 5.11 Å². The van der Waals surface area contributed by atoms with Crippen molar-refractivity contribution < 1.29 is 24.6 Å². The monoisotopic (exact) mass is 303 g/mol. The molecule has 0 aromatic heterocycles. The molecular formula is C16H17NO5. The summed E-state index contributed by atoms with van der Waals surface area (Å²) < 4.78 is 0. The van der Waals surface area contributed by atoms with E-state index in [2.05, 4.69) is 5.32 Å². The van der Waals surface area contributed by atoms with E-state index in [1.807, 2.05) is 6.08 Å². The molecule has 1 amide bonds. The van der Waals surface area contributed by atoms with Gasteiger partial charge in [0.2, 0.25) is 5.91 Å². The van der Waals surface area contributed by atoms with Gasteiger partial charge in [0.05, 0.1) is 18.3 Å². The summed E-state index contributed by atoms with van der Waals surface area (Å²) in [5.41, 5.74) is 1.16. The standard InChI is InChI=1S/C16H17NO5/c18-14(19)9-10-5-7-11(8-6-10)17-15(20)12-3-1-2-4-13(12)16(21)22/h1-2,5-8,12-13H,3-4,9H2,(H,17,20)(H,18,19)(H,21,22)/t12-,13+/m0/s1. The quantitative estimate of drug-likeness (QED) is 0.721. The fraction of sp³-hybridized carbons (Fsp3) is 0.312. The molecule has 2 rings (SSSR count). The number of nitrogens with one attached hydrogen (secondary N) is 1. The van der Waals surface area contributed by atoms with Gasteiger partial charge in [0.15, 0.2) is 0 Å². The molecule has 0 unspecified atom stereocenters. The summed E-state index contributed by atoms with van der Waals surface area (Å²) in [6, 6.07) is 6.48. The van der Waals surface area contributed by atoms with Gasteiger partial charge in [0, 0.05) is 5.69 Å². The molecule has 0 heterocycles. The Kier molecular flexibility index (Phi) is 4.93. The maximum Gasteiger partial charge on any atom is 0.307 e. The van der Waals surface area contributed by atoms with Gasteiger partial charge in [-0.25, -0.2) is 0 Å². The lowest BCUT2D eigenvalue weighted by molar-refractivity contribution is -0.146. The molecule has 0 saturated heterocycles. The Morgan fingerprint density at radius 3 is 2.14 bits per heavy atom. The predicted molar refractivity (Wildman–Crippen MR) is 79.4 cm³/mol. The highest BCUT2D eigenvalue weighted by Gasteiger charge is 2.33. The fourth-order valence-electron chi connectivity index (χ4n) is 2.49. The molecule has 22 heavy (non-hydrogen) atoms. The minimum Gasteiger partial charge on any atom is -0.481 e. The van der Waals surface area contributed by atoms with E-state index in [-0.39, 0.29) is 12.3 Å². The van der Waals surface area contributed by atoms with Crippen LogP contribution in [0.15, 0.2) is 36.4 Å². The van der Waals surface area contributed by atoms with Crippen LogP contribution in [-0.4, -0.2) is 28.1 Å². The molecule has 0 radical (unpaired) electrons. The van der Waals surface area contributed by atoms with Crippen molar-refractivity contribution >= 4 is 23.5 Å². The number of allylic oxidation sites excluding steroid dienone is 2. The molecule has 1 aliphatic rings. The number of carboxylic acid groups (broad SMARTS) is 2. The average Bonchev–Trinajstić information content (AvgIpc) is 2.48. The number of carboxylic acids is 2. The van der Waals surface area contributed by atoms with Crippen LogP contribution in [0.2, 0.25) is 0 Å². The lowest BCUT2D eigenvalue weighted by Crippen LogP contribution is -2.34. The molecular weight excluding hydrogens is 286 g/mol. The van der Waals surface area contributed by atoms with Crippen molar-refractivity contribution in [3.05, 3.63) is 42.0 Å². The normalized spacial score (nSPS) is 20.4. The van der Waals surface area contributed by atoms with Gasteiger partial charge in [0.1, 0.15) is 0 Å². The van der Waals surface area contributed by atoms with E-state index in [0.717, 1.165) is 0 Å². The number of anilines is 1. The molecule has 1 aromatic rings. The topological polar surface area (TPSA) is 104 Å². The average molecular weight is 303 g/mol. The number of hydrogen-bond acceptors (Lipinski definition) is 3. The molecule has 2 atom stereocenters. The zero-order chi connectivity index (χ0) is 16.1. The van der Waals surface area contributed by atoms with E-state index in [1.54, 1.807) is 30.3 Å². The Labute approximate surface area is 127 Å². The maximum absolute atomic E-state index is 12.2. The first-order valence-corrected chi connectivity index (χ1v) is 6.97. The van der Waals surface area contributed by atoms with Gasteiger partial charge in [-0.3, -0.25) is 14.4 Å². The van der Waals surface area contributed by atoms with E-state index in [1.165, 1.54) is 0 Å². The van der Waals surface area contributed by atoms with Crippen molar-refractivity contribution in [2.75, 3.05) is 5.32 Å². The molecule has 0 aliphatic heterocycles. The summed E-state index contributed by atoms with van der Waals surface area (Å²) in [6.07, 6.45) is 4.27. The van der Waals surface area contributed by atoms with Crippen LogP contribution in [0.3, 0.4) is 0 Å². The van der Waals surface area contributed by atoms with Gasteiger partial charge in [-0.2, -0.15) is 0 Å². The zero-order valence-corrected chi connectivity index (χ0v) is 11.9. The number of aliphatic carboxylic acids is 2. The number of carbonyl (C=O) groups is 3. The Bertz CT molecular complexity index is 605. The van der Waals surface area contributed by atoms with Crippen LogP contribution in [0.25, 0.3) is 0 Å². The molecule has 1 aromatic carbocycles. The summed E-state index contributed by atoms with van der Waals surface area (Å²) in [5, 5.41) is 20.6. The van der Waals surface area contributed by atoms with Crippen molar-refractivity contribution in [2.24, 2.45) is 11.8 Å². The van der Waals surface area contributed by atoms with E-state index >= 15 is 0 Å². The molecule has 0 spiro atoms. The lowest BCUT2D eigenvalue weighted by Gasteiger charge is -2.24. The third-order valence-electron chi connectivity index (χ3n) is 3.66. The largest absolute Gasteiger partial charge is 0.481 e. The number of hydrogen-bond donors (Lipinski definition) is 3. The Balaban J connectivity index is 2.03. The van der Waals surface area contributed by atoms with Crippen molar-refractivity contribution in [3.8, 4) is 0 Å². The van der Waals surface area contributed by atoms with E-state index in [0.29, 0.717) is 24.1 Å². The van der Waals surface area contributed by atoms with Gasteiger partial charge in [-0.05, 0) is 30.5 Å². The molecule has 0 saturated carbocycles. The smallest absolute Gasteiger partial charge is 0.307 e. The Morgan fingerprint density at radius 2 is 1.59 bits per heavy atom. The SMILES string of the molecule is O=C(O)Cc1ccc(NC(=O)[C@H]2CC=CC[C@H]2C(=O)O)cc1.